The van der Waals surface area contributed by atoms with E-state index < -0.39 is 5.91 Å². The van der Waals surface area contributed by atoms with E-state index in [1.165, 1.54) is 0 Å². The molecule has 5 heteroatoms. The fourth-order valence-corrected chi connectivity index (χ4v) is 1.60. The first-order valence-corrected chi connectivity index (χ1v) is 6.95. The second-order valence-electron chi connectivity index (χ2n) is 6.12. The van der Waals surface area contributed by atoms with Gasteiger partial charge in [0.15, 0.2) is 0 Å². The largest absolute Gasteiger partial charge is 0.493 e. The molecule has 2 N–H and O–H groups in total. The molecule has 0 bridgehead atoms. The van der Waals surface area contributed by atoms with Crippen molar-refractivity contribution in [3.63, 3.8) is 0 Å². The topological polar surface area (TPSA) is 70.8 Å². The third-order valence-electron chi connectivity index (χ3n) is 2.62. The van der Waals surface area contributed by atoms with Crippen LogP contribution in [0.25, 0.3) is 0 Å². The van der Waals surface area contributed by atoms with Gasteiger partial charge in [-0.05, 0) is 29.2 Å². The number of amides is 1. The van der Waals surface area contributed by atoms with Gasteiger partial charge in [-0.3, -0.25) is 4.79 Å². The maximum atomic E-state index is 11.4. The summed E-state index contributed by atoms with van der Waals surface area (Å²) in [6.07, 6.45) is 0. The normalized spacial score (nSPS) is 11.4. The van der Waals surface area contributed by atoms with Crippen LogP contribution in [-0.2, 0) is 16.1 Å². The molecule has 0 radical (unpaired) electrons. The number of hydrogen-bond donors (Lipinski definition) is 1. The zero-order chi connectivity index (χ0) is 15.9. The molecular formula is C16H25NO4. The summed E-state index contributed by atoms with van der Waals surface area (Å²) >= 11 is 0. The van der Waals surface area contributed by atoms with Crippen LogP contribution in [0.4, 0.5) is 0 Å². The molecule has 1 amide bonds. The molecule has 0 unspecified atom stereocenters. The number of primary amides is 1. The van der Waals surface area contributed by atoms with Crippen LogP contribution in [0, 0.1) is 5.41 Å². The van der Waals surface area contributed by atoms with Crippen molar-refractivity contribution in [3.05, 3.63) is 29.3 Å². The smallest absolute Gasteiger partial charge is 0.248 e. The first-order chi connectivity index (χ1) is 9.81. The van der Waals surface area contributed by atoms with E-state index in [1.807, 2.05) is 6.07 Å². The van der Waals surface area contributed by atoms with Gasteiger partial charge in [0.2, 0.25) is 5.91 Å². The Morgan fingerprint density at radius 2 is 1.90 bits per heavy atom. The van der Waals surface area contributed by atoms with Crippen LogP contribution in [0.2, 0.25) is 0 Å². The summed E-state index contributed by atoms with van der Waals surface area (Å²) in [4.78, 5) is 11.4. The number of carbonyl (C=O) groups is 1. The summed E-state index contributed by atoms with van der Waals surface area (Å²) in [7, 11) is 1.62. The van der Waals surface area contributed by atoms with E-state index in [0.717, 1.165) is 5.56 Å². The fraction of sp³-hybridized carbons (Fsp3) is 0.562. The molecular weight excluding hydrogens is 270 g/mol. The average Bonchev–Trinajstić information content (AvgIpc) is 2.40. The van der Waals surface area contributed by atoms with Gasteiger partial charge in [-0.1, -0.05) is 20.8 Å². The highest BCUT2D eigenvalue weighted by atomic mass is 16.5. The predicted molar refractivity (Wildman–Crippen MR) is 81.4 cm³/mol. The average molecular weight is 295 g/mol. The highest BCUT2D eigenvalue weighted by Crippen LogP contribution is 2.21. The van der Waals surface area contributed by atoms with Crippen molar-refractivity contribution in [1.82, 2.24) is 0 Å². The SMILES string of the molecule is COCCOCc1cc(OCC(C)(C)C)cc(C(N)=O)c1. The minimum absolute atomic E-state index is 0.0395. The van der Waals surface area contributed by atoms with Gasteiger partial charge in [0.1, 0.15) is 5.75 Å². The van der Waals surface area contributed by atoms with Gasteiger partial charge < -0.3 is 19.9 Å². The van der Waals surface area contributed by atoms with Crippen LogP contribution in [0.1, 0.15) is 36.7 Å². The minimum atomic E-state index is -0.477. The van der Waals surface area contributed by atoms with Crippen molar-refractivity contribution in [2.24, 2.45) is 11.1 Å². The lowest BCUT2D eigenvalue weighted by Gasteiger charge is -2.19. The van der Waals surface area contributed by atoms with E-state index in [1.54, 1.807) is 19.2 Å². The Morgan fingerprint density at radius 1 is 1.19 bits per heavy atom. The molecule has 21 heavy (non-hydrogen) atoms. The standard InChI is InChI=1S/C16H25NO4/c1-16(2,3)11-21-14-8-12(10-20-6-5-19-4)7-13(9-14)15(17)18/h7-9H,5-6,10-11H2,1-4H3,(H2,17,18). The maximum absolute atomic E-state index is 11.4. The predicted octanol–water partition coefficient (Wildman–Crippen LogP) is 2.37. The van der Waals surface area contributed by atoms with E-state index in [4.69, 9.17) is 19.9 Å². The van der Waals surface area contributed by atoms with Gasteiger partial charge in [-0.15, -0.1) is 0 Å². The molecule has 0 fully saturated rings. The van der Waals surface area contributed by atoms with Crippen LogP contribution in [-0.4, -0.2) is 32.8 Å². The Balaban J connectivity index is 2.77. The summed E-state index contributed by atoms with van der Waals surface area (Å²) < 4.78 is 16.1. The van der Waals surface area contributed by atoms with Gasteiger partial charge in [-0.25, -0.2) is 0 Å². The zero-order valence-corrected chi connectivity index (χ0v) is 13.3. The number of nitrogens with two attached hydrogens (primary N) is 1. The van der Waals surface area contributed by atoms with E-state index >= 15 is 0 Å². The Hall–Kier alpha value is -1.59. The minimum Gasteiger partial charge on any atom is -0.493 e. The van der Waals surface area contributed by atoms with Crippen molar-refractivity contribution in [3.8, 4) is 5.75 Å². The van der Waals surface area contributed by atoms with Crippen LogP contribution >= 0.6 is 0 Å². The Kier molecular flexibility index (Phi) is 6.65. The Morgan fingerprint density at radius 3 is 2.48 bits per heavy atom. The molecule has 1 aromatic rings. The maximum Gasteiger partial charge on any atom is 0.248 e. The summed E-state index contributed by atoms with van der Waals surface area (Å²) in [6, 6.07) is 5.25. The molecule has 0 saturated heterocycles. The number of methoxy groups -OCH3 is 1. The van der Waals surface area contributed by atoms with E-state index in [2.05, 4.69) is 20.8 Å². The van der Waals surface area contributed by atoms with Crippen molar-refractivity contribution in [1.29, 1.82) is 0 Å². The molecule has 0 spiro atoms. The molecule has 0 aliphatic rings. The highest BCUT2D eigenvalue weighted by molar-refractivity contribution is 5.93. The van der Waals surface area contributed by atoms with Crippen LogP contribution in [0.5, 0.6) is 5.75 Å². The molecule has 0 aromatic heterocycles. The molecule has 0 heterocycles. The van der Waals surface area contributed by atoms with E-state index in [9.17, 15) is 4.79 Å². The van der Waals surface area contributed by atoms with Crippen molar-refractivity contribution >= 4 is 5.91 Å². The summed E-state index contributed by atoms with van der Waals surface area (Å²) in [5.74, 6) is 0.154. The van der Waals surface area contributed by atoms with E-state index in [0.29, 0.717) is 37.7 Å². The second kappa shape index (κ2) is 8.00. The first-order valence-electron chi connectivity index (χ1n) is 6.95. The van der Waals surface area contributed by atoms with Gasteiger partial charge in [-0.2, -0.15) is 0 Å². The van der Waals surface area contributed by atoms with Crippen LogP contribution in [0.15, 0.2) is 18.2 Å². The Bertz CT molecular complexity index is 466. The van der Waals surface area contributed by atoms with Gasteiger partial charge in [0.05, 0.1) is 26.4 Å². The quantitative estimate of drug-likeness (QED) is 0.747. The molecule has 0 aliphatic heterocycles. The first kappa shape index (κ1) is 17.5. The van der Waals surface area contributed by atoms with Crippen molar-refractivity contribution < 1.29 is 19.0 Å². The number of rotatable bonds is 8. The molecule has 0 aliphatic carbocycles. The van der Waals surface area contributed by atoms with Crippen molar-refractivity contribution in [2.45, 2.75) is 27.4 Å². The second-order valence-corrected chi connectivity index (χ2v) is 6.12. The lowest BCUT2D eigenvalue weighted by atomic mass is 9.98. The van der Waals surface area contributed by atoms with Gasteiger partial charge in [0.25, 0.3) is 0 Å². The number of hydrogen-bond acceptors (Lipinski definition) is 4. The number of ether oxygens (including phenoxy) is 3. The van der Waals surface area contributed by atoms with Crippen molar-refractivity contribution in [2.75, 3.05) is 26.9 Å². The molecule has 5 nitrogen and oxygen atoms in total. The van der Waals surface area contributed by atoms with Crippen LogP contribution in [0.3, 0.4) is 0 Å². The van der Waals surface area contributed by atoms with Crippen LogP contribution < -0.4 is 10.5 Å². The lowest BCUT2D eigenvalue weighted by Crippen LogP contribution is -2.18. The highest BCUT2D eigenvalue weighted by Gasteiger charge is 2.13. The summed E-state index contributed by atoms with van der Waals surface area (Å²) in [5.41, 5.74) is 6.67. The number of carbonyl (C=O) groups excluding carboxylic acids is 1. The molecule has 118 valence electrons. The lowest BCUT2D eigenvalue weighted by molar-refractivity contribution is 0.0615. The monoisotopic (exact) mass is 295 g/mol. The fourth-order valence-electron chi connectivity index (χ4n) is 1.60. The summed E-state index contributed by atoms with van der Waals surface area (Å²) in [6.45, 7) is 8.22. The van der Waals surface area contributed by atoms with Gasteiger partial charge >= 0.3 is 0 Å². The zero-order valence-electron chi connectivity index (χ0n) is 13.3. The molecule has 1 aromatic carbocycles. The third-order valence-corrected chi connectivity index (χ3v) is 2.62. The van der Waals surface area contributed by atoms with E-state index in [-0.39, 0.29) is 5.41 Å². The number of benzene rings is 1. The summed E-state index contributed by atoms with van der Waals surface area (Å²) in [5, 5.41) is 0. The Labute approximate surface area is 126 Å². The van der Waals surface area contributed by atoms with Gasteiger partial charge in [0, 0.05) is 12.7 Å². The third kappa shape index (κ3) is 7.11. The molecule has 0 saturated carbocycles. The molecule has 0 atom stereocenters. The molecule has 1 rings (SSSR count).